The Balaban J connectivity index is 2.91. The summed E-state index contributed by atoms with van der Waals surface area (Å²) in [5.41, 5.74) is 11.1. The molecule has 16 heavy (non-hydrogen) atoms. The third-order valence-corrected chi connectivity index (χ3v) is 1.98. The van der Waals surface area contributed by atoms with E-state index in [4.69, 9.17) is 11.5 Å². The van der Waals surface area contributed by atoms with Gasteiger partial charge in [-0.3, -0.25) is 4.79 Å². The number of carbonyl (C=O) groups excluding carboxylic acids is 1. The maximum atomic E-state index is 12.9. The molecule has 0 aliphatic rings. The van der Waals surface area contributed by atoms with Crippen LogP contribution in [-0.4, -0.2) is 18.0 Å². The van der Waals surface area contributed by atoms with E-state index in [1.54, 1.807) is 0 Å². The van der Waals surface area contributed by atoms with Crippen molar-refractivity contribution in [1.82, 2.24) is 0 Å². The number of nitrogens with two attached hydrogens (primary N) is 2. The third-order valence-electron chi connectivity index (χ3n) is 1.98. The van der Waals surface area contributed by atoms with Gasteiger partial charge in [-0.2, -0.15) is 0 Å². The van der Waals surface area contributed by atoms with Crippen LogP contribution in [0.2, 0.25) is 0 Å². The molecule has 1 rings (SSSR count). The second kappa shape index (κ2) is 4.49. The number of benzene rings is 1. The fraction of sp³-hybridized carbons (Fsp3) is 0.364. The fourth-order valence-electron chi connectivity index (χ4n) is 1.20. The molecular formula is C11H16FN3O. The summed E-state index contributed by atoms with van der Waals surface area (Å²) in [4.78, 5) is 11.1. The lowest BCUT2D eigenvalue weighted by atomic mass is 10.1. The van der Waals surface area contributed by atoms with Crippen LogP contribution in [0.25, 0.3) is 0 Å². The number of halogens is 1. The molecule has 0 atom stereocenters. The van der Waals surface area contributed by atoms with Gasteiger partial charge in [-0.1, -0.05) is 0 Å². The summed E-state index contributed by atoms with van der Waals surface area (Å²) < 4.78 is 12.9. The number of carbonyl (C=O) groups is 1. The highest BCUT2D eigenvalue weighted by molar-refractivity contribution is 5.98. The molecule has 5 N–H and O–H groups in total. The molecule has 0 spiro atoms. The van der Waals surface area contributed by atoms with Crippen LogP contribution >= 0.6 is 0 Å². The lowest BCUT2D eigenvalue weighted by Crippen LogP contribution is -2.40. The van der Waals surface area contributed by atoms with Crippen molar-refractivity contribution in [1.29, 1.82) is 0 Å². The quantitative estimate of drug-likeness (QED) is 0.717. The molecule has 88 valence electrons. The molecule has 0 aliphatic heterocycles. The number of primary amides is 1. The van der Waals surface area contributed by atoms with Crippen LogP contribution < -0.4 is 16.8 Å². The Bertz CT molecular complexity index is 399. The molecule has 0 unspecified atom stereocenters. The predicted molar refractivity (Wildman–Crippen MR) is 61.7 cm³/mol. The molecule has 1 aromatic rings. The molecule has 0 aliphatic carbocycles. The molecule has 4 nitrogen and oxygen atoms in total. The molecule has 0 radical (unpaired) electrons. The molecule has 5 heteroatoms. The van der Waals surface area contributed by atoms with Gasteiger partial charge in [0.15, 0.2) is 0 Å². The van der Waals surface area contributed by atoms with Crippen molar-refractivity contribution in [2.75, 3.05) is 11.9 Å². The van der Waals surface area contributed by atoms with Gasteiger partial charge in [0.2, 0.25) is 0 Å². The third kappa shape index (κ3) is 3.51. The van der Waals surface area contributed by atoms with Gasteiger partial charge in [0.1, 0.15) is 5.82 Å². The first-order valence-corrected chi connectivity index (χ1v) is 4.92. The van der Waals surface area contributed by atoms with Crippen LogP contribution in [0, 0.1) is 5.82 Å². The van der Waals surface area contributed by atoms with Crippen molar-refractivity contribution in [3.63, 3.8) is 0 Å². The van der Waals surface area contributed by atoms with Crippen LogP contribution in [0.15, 0.2) is 18.2 Å². The van der Waals surface area contributed by atoms with Gasteiger partial charge in [0.25, 0.3) is 5.91 Å². The molecule has 0 saturated heterocycles. The minimum absolute atomic E-state index is 0.129. The van der Waals surface area contributed by atoms with Crippen LogP contribution in [-0.2, 0) is 0 Å². The molecular weight excluding hydrogens is 209 g/mol. The van der Waals surface area contributed by atoms with Crippen molar-refractivity contribution >= 4 is 11.6 Å². The van der Waals surface area contributed by atoms with Crippen LogP contribution in [0.4, 0.5) is 10.1 Å². The maximum absolute atomic E-state index is 12.9. The minimum Gasteiger partial charge on any atom is -0.383 e. The normalized spacial score (nSPS) is 11.2. The van der Waals surface area contributed by atoms with Gasteiger partial charge in [-0.25, -0.2) is 4.39 Å². The summed E-state index contributed by atoms with van der Waals surface area (Å²) in [5, 5.41) is 2.97. The van der Waals surface area contributed by atoms with Crippen molar-refractivity contribution in [2.45, 2.75) is 19.4 Å². The van der Waals surface area contributed by atoms with Gasteiger partial charge in [0, 0.05) is 17.8 Å². The highest BCUT2D eigenvalue weighted by Crippen LogP contribution is 2.17. The maximum Gasteiger partial charge on any atom is 0.250 e. The molecule has 0 heterocycles. The van der Waals surface area contributed by atoms with E-state index in [-0.39, 0.29) is 5.56 Å². The summed E-state index contributed by atoms with van der Waals surface area (Å²) in [6.07, 6.45) is 0. The first-order chi connectivity index (χ1) is 7.29. The largest absolute Gasteiger partial charge is 0.383 e. The van der Waals surface area contributed by atoms with Crippen molar-refractivity contribution in [2.24, 2.45) is 11.5 Å². The summed E-state index contributed by atoms with van der Waals surface area (Å²) in [6, 6.07) is 3.84. The second-order valence-electron chi connectivity index (χ2n) is 4.40. The zero-order valence-corrected chi connectivity index (χ0v) is 9.38. The topological polar surface area (TPSA) is 81.1 Å². The zero-order valence-electron chi connectivity index (χ0n) is 9.38. The number of hydrogen-bond acceptors (Lipinski definition) is 3. The van der Waals surface area contributed by atoms with E-state index in [9.17, 15) is 9.18 Å². The van der Waals surface area contributed by atoms with Crippen LogP contribution in [0.1, 0.15) is 24.2 Å². The summed E-state index contributed by atoms with van der Waals surface area (Å²) in [7, 11) is 0. The van der Waals surface area contributed by atoms with E-state index < -0.39 is 17.3 Å². The van der Waals surface area contributed by atoms with Gasteiger partial charge in [-0.15, -0.1) is 0 Å². The lowest BCUT2D eigenvalue weighted by Gasteiger charge is -2.20. The predicted octanol–water partition coefficient (Wildman–Crippen LogP) is 1.07. The monoisotopic (exact) mass is 225 g/mol. The summed E-state index contributed by atoms with van der Waals surface area (Å²) in [5.74, 6) is -1.16. The molecule has 0 aromatic heterocycles. The number of rotatable bonds is 4. The van der Waals surface area contributed by atoms with Crippen molar-refractivity contribution < 1.29 is 9.18 Å². The molecule has 0 fully saturated rings. The standard InChI is InChI=1S/C11H16FN3O/c1-11(2,14)6-15-9-4-3-7(12)5-8(9)10(13)16/h3-5,15H,6,14H2,1-2H3,(H2,13,16). The summed E-state index contributed by atoms with van der Waals surface area (Å²) >= 11 is 0. The molecule has 0 bridgehead atoms. The number of amides is 1. The number of hydrogen-bond donors (Lipinski definition) is 3. The van der Waals surface area contributed by atoms with Gasteiger partial charge < -0.3 is 16.8 Å². The second-order valence-corrected chi connectivity index (χ2v) is 4.40. The van der Waals surface area contributed by atoms with Crippen molar-refractivity contribution in [3.05, 3.63) is 29.6 Å². The Morgan fingerprint density at radius 3 is 2.62 bits per heavy atom. The average Bonchev–Trinajstić information content (AvgIpc) is 2.14. The zero-order chi connectivity index (χ0) is 12.3. The fourth-order valence-corrected chi connectivity index (χ4v) is 1.20. The summed E-state index contributed by atoms with van der Waals surface area (Å²) in [6.45, 7) is 4.14. The number of anilines is 1. The van der Waals surface area contributed by atoms with Crippen LogP contribution in [0.3, 0.4) is 0 Å². The Labute approximate surface area is 93.8 Å². The van der Waals surface area contributed by atoms with E-state index in [0.717, 1.165) is 6.07 Å². The van der Waals surface area contributed by atoms with Crippen molar-refractivity contribution in [3.8, 4) is 0 Å². The van der Waals surface area contributed by atoms with Gasteiger partial charge in [0.05, 0.1) is 5.56 Å². The highest BCUT2D eigenvalue weighted by atomic mass is 19.1. The van der Waals surface area contributed by atoms with Crippen LogP contribution in [0.5, 0.6) is 0 Å². The Morgan fingerprint density at radius 1 is 1.50 bits per heavy atom. The van der Waals surface area contributed by atoms with E-state index in [2.05, 4.69) is 5.32 Å². The lowest BCUT2D eigenvalue weighted by molar-refractivity contribution is 0.100. The smallest absolute Gasteiger partial charge is 0.250 e. The van der Waals surface area contributed by atoms with E-state index in [1.807, 2.05) is 13.8 Å². The Hall–Kier alpha value is -1.62. The van der Waals surface area contributed by atoms with Gasteiger partial charge in [-0.05, 0) is 32.0 Å². The van der Waals surface area contributed by atoms with E-state index in [0.29, 0.717) is 12.2 Å². The SMILES string of the molecule is CC(C)(N)CNc1ccc(F)cc1C(N)=O. The molecule has 1 aromatic carbocycles. The molecule has 0 saturated carbocycles. The highest BCUT2D eigenvalue weighted by Gasteiger charge is 2.13. The average molecular weight is 225 g/mol. The first-order valence-electron chi connectivity index (χ1n) is 4.92. The minimum atomic E-state index is -0.670. The molecule has 1 amide bonds. The number of nitrogens with one attached hydrogen (secondary N) is 1. The Kier molecular flexibility index (Phi) is 3.49. The van der Waals surface area contributed by atoms with E-state index >= 15 is 0 Å². The van der Waals surface area contributed by atoms with E-state index in [1.165, 1.54) is 12.1 Å². The first kappa shape index (κ1) is 12.4. The van der Waals surface area contributed by atoms with Gasteiger partial charge >= 0.3 is 0 Å². The Morgan fingerprint density at radius 2 is 2.12 bits per heavy atom.